The highest BCUT2D eigenvalue weighted by molar-refractivity contribution is 5.95. The molecule has 1 atom stereocenters. The molecule has 0 aromatic carbocycles. The lowest BCUT2D eigenvalue weighted by Gasteiger charge is -2.33. The van der Waals surface area contributed by atoms with E-state index in [-0.39, 0.29) is 18.5 Å². The molecule has 0 bridgehead atoms. The van der Waals surface area contributed by atoms with Crippen molar-refractivity contribution >= 4 is 11.9 Å². The van der Waals surface area contributed by atoms with Crippen LogP contribution in [0.5, 0.6) is 0 Å². The number of hydrogen-bond donors (Lipinski definition) is 3. The Morgan fingerprint density at radius 2 is 2.00 bits per heavy atom. The fourth-order valence-corrected chi connectivity index (χ4v) is 2.07. The molecule has 0 spiro atoms. The first-order valence-electron chi connectivity index (χ1n) is 6.02. The van der Waals surface area contributed by atoms with Crippen molar-refractivity contribution in [1.29, 1.82) is 0 Å². The Morgan fingerprint density at radius 1 is 1.41 bits per heavy atom. The first kappa shape index (κ1) is 13.9. The summed E-state index contributed by atoms with van der Waals surface area (Å²) >= 11 is 0. The molecule has 17 heavy (non-hydrogen) atoms. The molecule has 1 heterocycles. The molecular formula is C11H22N4O2. The summed E-state index contributed by atoms with van der Waals surface area (Å²) in [5, 5.41) is 4.60. The summed E-state index contributed by atoms with van der Waals surface area (Å²) in [6.07, 6.45) is 2.04. The summed E-state index contributed by atoms with van der Waals surface area (Å²) in [5.41, 5.74) is 5.85. The van der Waals surface area contributed by atoms with Crippen LogP contribution in [0.25, 0.3) is 0 Å². The summed E-state index contributed by atoms with van der Waals surface area (Å²) < 4.78 is 0. The lowest BCUT2D eigenvalue weighted by molar-refractivity contribution is -0.121. The van der Waals surface area contributed by atoms with Crippen LogP contribution in [-0.4, -0.2) is 49.6 Å². The Balaban J connectivity index is 2.26. The molecule has 0 saturated carbocycles. The van der Waals surface area contributed by atoms with Crippen molar-refractivity contribution < 1.29 is 9.59 Å². The molecule has 4 N–H and O–H groups in total. The van der Waals surface area contributed by atoms with Crippen LogP contribution in [0.15, 0.2) is 0 Å². The number of nitrogens with two attached hydrogens (primary N) is 1. The second-order valence-corrected chi connectivity index (χ2v) is 4.60. The van der Waals surface area contributed by atoms with Gasteiger partial charge >= 0.3 is 6.03 Å². The van der Waals surface area contributed by atoms with Crippen LogP contribution in [0.2, 0.25) is 0 Å². The highest BCUT2D eigenvalue weighted by Crippen LogP contribution is 2.18. The number of nitrogens with one attached hydrogen (secondary N) is 2. The number of carbonyl (C=O) groups excluding carboxylic acids is 2. The van der Waals surface area contributed by atoms with E-state index < -0.39 is 6.03 Å². The lowest BCUT2D eigenvalue weighted by atomic mass is 9.91. The number of likely N-dealkylation sites (tertiary alicyclic amines) is 1. The molecule has 1 fully saturated rings. The van der Waals surface area contributed by atoms with Gasteiger partial charge in [0.25, 0.3) is 0 Å². The minimum absolute atomic E-state index is 0.219. The number of imide groups is 1. The van der Waals surface area contributed by atoms with Gasteiger partial charge in [-0.05, 0) is 38.8 Å². The number of carbonyl (C=O) groups is 2. The van der Waals surface area contributed by atoms with Crippen LogP contribution in [0, 0.1) is 5.92 Å². The van der Waals surface area contributed by atoms with Gasteiger partial charge in [-0.15, -0.1) is 0 Å². The molecule has 1 aliphatic rings. The first-order chi connectivity index (χ1) is 8.02. The number of amides is 3. The minimum Gasteiger partial charge on any atom is -0.341 e. The number of piperidine rings is 1. The Labute approximate surface area is 102 Å². The van der Waals surface area contributed by atoms with Crippen molar-refractivity contribution in [3.05, 3.63) is 0 Å². The third-order valence-electron chi connectivity index (χ3n) is 3.22. The van der Waals surface area contributed by atoms with Crippen LogP contribution < -0.4 is 16.4 Å². The van der Waals surface area contributed by atoms with Crippen LogP contribution >= 0.6 is 0 Å². The van der Waals surface area contributed by atoms with E-state index in [2.05, 4.69) is 15.5 Å². The predicted molar refractivity (Wildman–Crippen MR) is 65.4 cm³/mol. The number of hydrogen-bond acceptors (Lipinski definition) is 4. The molecule has 98 valence electrons. The van der Waals surface area contributed by atoms with Crippen molar-refractivity contribution in [2.24, 2.45) is 11.7 Å². The topological polar surface area (TPSA) is 87.5 Å². The average molecular weight is 242 g/mol. The molecular weight excluding hydrogens is 220 g/mol. The second kappa shape index (κ2) is 6.56. The Morgan fingerprint density at radius 3 is 2.47 bits per heavy atom. The van der Waals surface area contributed by atoms with E-state index in [0.29, 0.717) is 5.92 Å². The summed E-state index contributed by atoms with van der Waals surface area (Å²) in [6, 6.07) is -0.239. The minimum atomic E-state index is -0.458. The van der Waals surface area contributed by atoms with E-state index in [1.165, 1.54) is 7.05 Å². The predicted octanol–water partition coefficient (Wildman–Crippen LogP) is -0.499. The fraction of sp³-hybridized carbons (Fsp3) is 0.818. The van der Waals surface area contributed by atoms with Crippen molar-refractivity contribution in [2.45, 2.75) is 25.8 Å². The SMILES string of the molecule is CNC(=O)NC(=O)CN1CCC(C(C)N)CC1. The zero-order chi connectivity index (χ0) is 12.8. The maximum absolute atomic E-state index is 11.5. The van der Waals surface area contributed by atoms with E-state index in [4.69, 9.17) is 5.73 Å². The van der Waals surface area contributed by atoms with Gasteiger partial charge in [0.05, 0.1) is 6.54 Å². The van der Waals surface area contributed by atoms with Gasteiger partial charge in [-0.1, -0.05) is 0 Å². The summed E-state index contributed by atoms with van der Waals surface area (Å²) in [7, 11) is 1.48. The molecule has 6 heteroatoms. The molecule has 6 nitrogen and oxygen atoms in total. The highest BCUT2D eigenvalue weighted by Gasteiger charge is 2.23. The molecule has 0 aromatic rings. The number of urea groups is 1. The van der Waals surface area contributed by atoms with Crippen molar-refractivity contribution in [3.8, 4) is 0 Å². The Hall–Kier alpha value is -1.14. The van der Waals surface area contributed by atoms with Crippen molar-refractivity contribution in [2.75, 3.05) is 26.7 Å². The summed E-state index contributed by atoms with van der Waals surface area (Å²) in [4.78, 5) is 24.4. The summed E-state index contributed by atoms with van der Waals surface area (Å²) in [5.74, 6) is 0.289. The quantitative estimate of drug-likeness (QED) is 0.622. The van der Waals surface area contributed by atoms with Crippen LogP contribution in [0.3, 0.4) is 0 Å². The average Bonchev–Trinajstić information content (AvgIpc) is 2.29. The van der Waals surface area contributed by atoms with Gasteiger partial charge in [0, 0.05) is 13.1 Å². The zero-order valence-corrected chi connectivity index (χ0v) is 10.5. The molecule has 1 aliphatic heterocycles. The van der Waals surface area contributed by atoms with Crippen LogP contribution in [0.1, 0.15) is 19.8 Å². The van der Waals surface area contributed by atoms with Gasteiger partial charge in [0.2, 0.25) is 5.91 Å². The second-order valence-electron chi connectivity index (χ2n) is 4.60. The maximum atomic E-state index is 11.5. The molecule has 0 aromatic heterocycles. The fourth-order valence-electron chi connectivity index (χ4n) is 2.07. The van der Waals surface area contributed by atoms with Crippen LogP contribution in [-0.2, 0) is 4.79 Å². The highest BCUT2D eigenvalue weighted by atomic mass is 16.2. The lowest BCUT2D eigenvalue weighted by Crippen LogP contribution is -2.46. The summed E-state index contributed by atoms with van der Waals surface area (Å²) in [6.45, 7) is 4.04. The third kappa shape index (κ3) is 4.70. The molecule has 3 amide bonds. The Kier molecular flexibility index (Phi) is 5.37. The molecule has 0 aliphatic carbocycles. The van der Waals surface area contributed by atoms with Crippen molar-refractivity contribution in [3.63, 3.8) is 0 Å². The van der Waals surface area contributed by atoms with E-state index >= 15 is 0 Å². The van der Waals surface area contributed by atoms with Gasteiger partial charge in [-0.2, -0.15) is 0 Å². The van der Waals surface area contributed by atoms with E-state index in [1.54, 1.807) is 0 Å². The molecule has 1 rings (SSSR count). The van der Waals surface area contributed by atoms with E-state index in [9.17, 15) is 9.59 Å². The third-order valence-corrected chi connectivity index (χ3v) is 3.22. The normalized spacial score (nSPS) is 19.7. The van der Waals surface area contributed by atoms with E-state index in [1.807, 2.05) is 6.92 Å². The largest absolute Gasteiger partial charge is 0.341 e. The van der Waals surface area contributed by atoms with Crippen LogP contribution in [0.4, 0.5) is 4.79 Å². The van der Waals surface area contributed by atoms with Gasteiger partial charge in [-0.25, -0.2) is 4.79 Å². The van der Waals surface area contributed by atoms with Crippen molar-refractivity contribution in [1.82, 2.24) is 15.5 Å². The number of nitrogens with zero attached hydrogens (tertiary/aromatic N) is 1. The van der Waals surface area contributed by atoms with E-state index in [0.717, 1.165) is 25.9 Å². The van der Waals surface area contributed by atoms with Gasteiger partial charge in [0.15, 0.2) is 0 Å². The zero-order valence-electron chi connectivity index (χ0n) is 10.5. The molecule has 0 radical (unpaired) electrons. The maximum Gasteiger partial charge on any atom is 0.321 e. The van der Waals surface area contributed by atoms with Gasteiger partial charge < -0.3 is 11.1 Å². The molecule has 1 saturated heterocycles. The number of rotatable bonds is 3. The first-order valence-corrected chi connectivity index (χ1v) is 6.02. The smallest absolute Gasteiger partial charge is 0.321 e. The standard InChI is InChI=1S/C11H22N4O2/c1-8(12)9-3-5-15(6-4-9)7-10(16)14-11(17)13-2/h8-9H,3-7,12H2,1-2H3,(H2,13,14,16,17). The monoisotopic (exact) mass is 242 g/mol. The molecule has 1 unspecified atom stereocenters. The van der Waals surface area contributed by atoms with Gasteiger partial charge in [-0.3, -0.25) is 15.0 Å². The Bertz CT molecular complexity index is 273. The van der Waals surface area contributed by atoms with Gasteiger partial charge in [0.1, 0.15) is 0 Å².